The summed E-state index contributed by atoms with van der Waals surface area (Å²) < 4.78 is 21.5. The molecular formula is C22H19ClFN3O2. The van der Waals surface area contributed by atoms with Crippen LogP contribution in [0.25, 0.3) is 5.69 Å². The van der Waals surface area contributed by atoms with Crippen LogP contribution in [-0.4, -0.2) is 28.3 Å². The molecule has 2 aromatic carbocycles. The summed E-state index contributed by atoms with van der Waals surface area (Å²) in [5.41, 5.74) is 4.08. The van der Waals surface area contributed by atoms with E-state index in [-0.39, 0.29) is 18.2 Å². The van der Waals surface area contributed by atoms with Crippen molar-refractivity contribution in [3.8, 4) is 5.69 Å². The van der Waals surface area contributed by atoms with Gasteiger partial charge in [-0.05, 0) is 43.7 Å². The number of halogens is 2. The second-order valence-corrected chi connectivity index (χ2v) is 7.27. The molecule has 0 radical (unpaired) electrons. The molecule has 0 saturated carbocycles. The Morgan fingerprint density at radius 2 is 2.03 bits per heavy atom. The molecule has 0 spiro atoms. The second-order valence-electron chi connectivity index (χ2n) is 6.83. The fourth-order valence-corrected chi connectivity index (χ4v) is 3.83. The Morgan fingerprint density at radius 3 is 2.79 bits per heavy atom. The summed E-state index contributed by atoms with van der Waals surface area (Å²) in [6, 6.07) is 11.6. The van der Waals surface area contributed by atoms with E-state index in [0.29, 0.717) is 28.3 Å². The Bertz CT molecular complexity index is 1120. The summed E-state index contributed by atoms with van der Waals surface area (Å²) in [4.78, 5) is 21.1. The number of carbonyl (C=O) groups excluding carboxylic acids is 1. The molecule has 0 fully saturated rings. The van der Waals surface area contributed by atoms with Crippen LogP contribution in [-0.2, 0) is 9.53 Å². The summed E-state index contributed by atoms with van der Waals surface area (Å²) in [6.45, 7) is 1.90. The summed E-state index contributed by atoms with van der Waals surface area (Å²) in [5, 5.41) is 0.527. The number of aryl methyl sites for hydroxylation is 1. The van der Waals surface area contributed by atoms with Crippen LogP contribution in [0.2, 0.25) is 5.02 Å². The van der Waals surface area contributed by atoms with Crippen molar-refractivity contribution in [1.82, 2.24) is 9.55 Å². The minimum absolute atomic E-state index is 0.191. The maximum Gasteiger partial charge on any atom is 0.305 e. The minimum Gasteiger partial charge on any atom is -0.469 e. The first-order chi connectivity index (χ1) is 14.0. The van der Waals surface area contributed by atoms with Gasteiger partial charge in [0.2, 0.25) is 0 Å². The maximum atomic E-state index is 14.7. The second kappa shape index (κ2) is 7.79. The van der Waals surface area contributed by atoms with Crippen LogP contribution in [0.1, 0.15) is 41.4 Å². The molecule has 0 saturated heterocycles. The number of aromatic nitrogens is 2. The van der Waals surface area contributed by atoms with Crippen LogP contribution < -0.4 is 0 Å². The van der Waals surface area contributed by atoms with Gasteiger partial charge in [-0.3, -0.25) is 9.79 Å². The summed E-state index contributed by atoms with van der Waals surface area (Å²) >= 11 is 6.28. The lowest BCUT2D eigenvalue weighted by molar-refractivity contribution is -0.140. The van der Waals surface area contributed by atoms with E-state index in [0.717, 1.165) is 17.1 Å². The molecule has 0 aliphatic carbocycles. The molecule has 7 heteroatoms. The molecule has 148 valence electrons. The highest BCUT2D eigenvalue weighted by molar-refractivity contribution is 6.31. The molecule has 1 aliphatic heterocycles. The smallest absolute Gasteiger partial charge is 0.305 e. The average molecular weight is 412 g/mol. The number of hydrogen-bond donors (Lipinski definition) is 0. The standard InChI is InChI=1S/C22H19ClFN3O2/c1-13-22-18(8-10-20(28)29-2)26-21(15-5-3-4-6-17(15)24)16-11-14(23)7-9-19(16)27(22)12-25-13/h3-7,9,11-12,18H,8,10H2,1-2H3/t18-/m0/s1. The molecule has 0 amide bonds. The predicted octanol–water partition coefficient (Wildman–Crippen LogP) is 4.82. The van der Waals surface area contributed by atoms with E-state index in [9.17, 15) is 9.18 Å². The van der Waals surface area contributed by atoms with Gasteiger partial charge in [-0.2, -0.15) is 0 Å². The van der Waals surface area contributed by atoms with Crippen LogP contribution in [0.3, 0.4) is 0 Å². The van der Waals surface area contributed by atoms with Gasteiger partial charge in [0.05, 0.1) is 42.3 Å². The van der Waals surface area contributed by atoms with Crippen LogP contribution in [0.15, 0.2) is 53.8 Å². The Morgan fingerprint density at radius 1 is 1.24 bits per heavy atom. The topological polar surface area (TPSA) is 56.5 Å². The third-order valence-electron chi connectivity index (χ3n) is 5.05. The molecule has 3 aromatic rings. The number of esters is 1. The zero-order valence-corrected chi connectivity index (χ0v) is 16.8. The van der Waals surface area contributed by atoms with E-state index in [1.807, 2.05) is 17.6 Å². The number of fused-ring (bicyclic) bond motifs is 3. The van der Waals surface area contributed by atoms with Crippen molar-refractivity contribution in [2.45, 2.75) is 25.8 Å². The van der Waals surface area contributed by atoms with Gasteiger partial charge in [0.1, 0.15) is 5.82 Å². The summed E-state index contributed by atoms with van der Waals surface area (Å²) in [7, 11) is 1.36. The number of carbonyl (C=O) groups is 1. The van der Waals surface area contributed by atoms with Gasteiger partial charge in [0.25, 0.3) is 0 Å². The molecule has 0 bridgehead atoms. The van der Waals surface area contributed by atoms with Crippen LogP contribution in [0.5, 0.6) is 0 Å². The zero-order chi connectivity index (χ0) is 20.5. The van der Waals surface area contributed by atoms with Crippen molar-refractivity contribution >= 4 is 23.3 Å². The Balaban J connectivity index is 1.96. The molecule has 1 aliphatic rings. The van der Waals surface area contributed by atoms with Crippen LogP contribution >= 0.6 is 11.6 Å². The van der Waals surface area contributed by atoms with Gasteiger partial charge in [0.15, 0.2) is 0 Å². The van der Waals surface area contributed by atoms with Crippen molar-refractivity contribution in [3.05, 3.63) is 82.1 Å². The van der Waals surface area contributed by atoms with E-state index >= 15 is 0 Å². The molecule has 0 N–H and O–H groups in total. The van der Waals surface area contributed by atoms with Gasteiger partial charge in [0, 0.05) is 22.6 Å². The highest BCUT2D eigenvalue weighted by Gasteiger charge is 2.28. The lowest BCUT2D eigenvalue weighted by atomic mass is 9.99. The Hall–Kier alpha value is -2.99. The molecule has 5 nitrogen and oxygen atoms in total. The van der Waals surface area contributed by atoms with Crippen LogP contribution in [0.4, 0.5) is 4.39 Å². The van der Waals surface area contributed by atoms with E-state index in [2.05, 4.69) is 4.98 Å². The van der Waals surface area contributed by atoms with Crippen molar-refractivity contribution < 1.29 is 13.9 Å². The number of ether oxygens (including phenoxy) is 1. The van der Waals surface area contributed by atoms with Crippen LogP contribution in [0, 0.1) is 12.7 Å². The highest BCUT2D eigenvalue weighted by Crippen LogP contribution is 2.36. The molecule has 4 rings (SSSR count). The number of methoxy groups -OCH3 is 1. The van der Waals surface area contributed by atoms with Crippen molar-refractivity contribution in [1.29, 1.82) is 0 Å². The van der Waals surface area contributed by atoms with Gasteiger partial charge in [-0.15, -0.1) is 0 Å². The number of hydrogen-bond acceptors (Lipinski definition) is 4. The first-order valence-corrected chi connectivity index (χ1v) is 9.61. The summed E-state index contributed by atoms with van der Waals surface area (Å²) in [6.07, 6.45) is 2.33. The third kappa shape index (κ3) is 3.56. The number of nitrogens with zero attached hydrogens (tertiary/aromatic N) is 3. The highest BCUT2D eigenvalue weighted by atomic mass is 35.5. The molecule has 1 aromatic heterocycles. The number of imidazole rings is 1. The first-order valence-electron chi connectivity index (χ1n) is 9.23. The quantitative estimate of drug-likeness (QED) is 0.578. The zero-order valence-electron chi connectivity index (χ0n) is 16.0. The molecule has 29 heavy (non-hydrogen) atoms. The van der Waals surface area contributed by atoms with E-state index in [1.54, 1.807) is 36.7 Å². The predicted molar refractivity (Wildman–Crippen MR) is 109 cm³/mol. The van der Waals surface area contributed by atoms with Gasteiger partial charge < -0.3 is 9.30 Å². The molecule has 1 atom stereocenters. The van der Waals surface area contributed by atoms with E-state index in [1.165, 1.54) is 13.2 Å². The lowest BCUT2D eigenvalue weighted by Crippen LogP contribution is -2.10. The van der Waals surface area contributed by atoms with Crippen molar-refractivity contribution in [2.24, 2.45) is 4.99 Å². The minimum atomic E-state index is -0.391. The maximum absolute atomic E-state index is 14.7. The summed E-state index contributed by atoms with van der Waals surface area (Å²) in [5.74, 6) is -0.688. The Labute approximate surface area is 172 Å². The number of aliphatic imine (C=N–C) groups is 1. The largest absolute Gasteiger partial charge is 0.469 e. The van der Waals surface area contributed by atoms with Crippen molar-refractivity contribution in [2.75, 3.05) is 7.11 Å². The van der Waals surface area contributed by atoms with Gasteiger partial charge in [-0.25, -0.2) is 9.37 Å². The fourth-order valence-electron chi connectivity index (χ4n) is 3.66. The van der Waals surface area contributed by atoms with E-state index < -0.39 is 6.04 Å². The first kappa shape index (κ1) is 19.3. The third-order valence-corrected chi connectivity index (χ3v) is 5.28. The average Bonchev–Trinajstić information content (AvgIpc) is 3.03. The SMILES string of the molecule is COC(=O)CC[C@@H]1N=C(c2ccccc2F)c2cc(Cl)ccc2-n2cnc(C)c21. The van der Waals surface area contributed by atoms with Gasteiger partial charge >= 0.3 is 5.97 Å². The molecule has 2 heterocycles. The van der Waals surface area contributed by atoms with Crippen molar-refractivity contribution in [3.63, 3.8) is 0 Å². The molecular weight excluding hydrogens is 393 g/mol. The fraction of sp³-hybridized carbons (Fsp3) is 0.227. The number of rotatable bonds is 4. The lowest BCUT2D eigenvalue weighted by Gasteiger charge is -2.14. The Kier molecular flexibility index (Phi) is 5.20. The molecule has 0 unspecified atom stereocenters. The van der Waals surface area contributed by atoms with Gasteiger partial charge in [-0.1, -0.05) is 23.7 Å². The normalized spacial score (nSPS) is 15.2. The monoisotopic (exact) mass is 411 g/mol. The number of benzene rings is 2. The van der Waals surface area contributed by atoms with E-state index in [4.69, 9.17) is 21.3 Å².